The molecule has 5 heteroatoms. The van der Waals surface area contributed by atoms with Crippen molar-refractivity contribution in [1.29, 1.82) is 0 Å². The number of imide groups is 1. The maximum atomic E-state index is 11.9. The number of benzene rings is 1. The maximum Gasteiger partial charge on any atom is 0.328 e. The van der Waals surface area contributed by atoms with E-state index in [2.05, 4.69) is 21.2 Å². The molecule has 0 aromatic heterocycles. The highest BCUT2D eigenvalue weighted by molar-refractivity contribution is 9.10. The van der Waals surface area contributed by atoms with Crippen LogP contribution in [0, 0.1) is 19.8 Å². The Hall–Kier alpha value is -1.36. The molecule has 1 atom stereocenters. The Labute approximate surface area is 114 Å². The smallest absolute Gasteiger partial charge is 0.293 e. The molecule has 0 bridgehead atoms. The Kier molecular flexibility index (Phi) is 3.43. The van der Waals surface area contributed by atoms with Gasteiger partial charge in [-0.15, -0.1) is 0 Å². The molecule has 96 valence electrons. The van der Waals surface area contributed by atoms with Crippen LogP contribution < -0.4 is 10.2 Å². The first-order chi connectivity index (χ1) is 8.40. The number of hydrogen-bond acceptors (Lipinski definition) is 2. The quantitative estimate of drug-likeness (QED) is 0.867. The lowest BCUT2D eigenvalue weighted by Gasteiger charge is -2.32. The zero-order valence-corrected chi connectivity index (χ0v) is 12.2. The number of nitrogens with zero attached hydrogens (tertiary/aromatic N) is 1. The van der Waals surface area contributed by atoms with Crippen LogP contribution in [0.3, 0.4) is 0 Å². The van der Waals surface area contributed by atoms with E-state index in [4.69, 9.17) is 0 Å². The van der Waals surface area contributed by atoms with Crippen LogP contribution in [0.1, 0.15) is 18.1 Å². The van der Waals surface area contributed by atoms with Gasteiger partial charge in [0.2, 0.25) is 5.91 Å². The molecule has 1 unspecified atom stereocenters. The van der Waals surface area contributed by atoms with Gasteiger partial charge in [-0.2, -0.15) is 0 Å². The van der Waals surface area contributed by atoms with Gasteiger partial charge in [-0.3, -0.25) is 15.0 Å². The van der Waals surface area contributed by atoms with E-state index in [1.54, 1.807) is 4.90 Å². The van der Waals surface area contributed by atoms with Gasteiger partial charge in [0.15, 0.2) is 0 Å². The van der Waals surface area contributed by atoms with E-state index in [1.165, 1.54) is 0 Å². The second kappa shape index (κ2) is 4.72. The maximum absolute atomic E-state index is 11.9. The summed E-state index contributed by atoms with van der Waals surface area (Å²) in [6.45, 7) is 6.16. The first kappa shape index (κ1) is 13.1. The van der Waals surface area contributed by atoms with Gasteiger partial charge < -0.3 is 0 Å². The standard InChI is InChI=1S/C13H15BrN2O2/c1-7-4-10(14)5-8(2)11(7)16-6-9(3)12(17)15-13(16)18/h4-5,9H,6H2,1-3H3,(H,15,17,18). The first-order valence-electron chi connectivity index (χ1n) is 5.79. The van der Waals surface area contributed by atoms with Crippen molar-refractivity contribution < 1.29 is 9.59 Å². The van der Waals surface area contributed by atoms with E-state index < -0.39 is 0 Å². The Bertz CT molecular complexity index is 505. The van der Waals surface area contributed by atoms with Gasteiger partial charge in [0, 0.05) is 11.0 Å². The summed E-state index contributed by atoms with van der Waals surface area (Å²) < 4.78 is 0.989. The number of aryl methyl sites for hydroxylation is 2. The number of amides is 3. The summed E-state index contributed by atoms with van der Waals surface area (Å²) in [5.41, 5.74) is 2.91. The Balaban J connectivity index is 2.43. The molecule has 4 nitrogen and oxygen atoms in total. The monoisotopic (exact) mass is 310 g/mol. The average molecular weight is 311 g/mol. The minimum atomic E-state index is -0.341. The van der Waals surface area contributed by atoms with E-state index in [0.717, 1.165) is 21.3 Å². The summed E-state index contributed by atoms with van der Waals surface area (Å²) in [4.78, 5) is 25.0. The molecule has 1 aromatic rings. The summed E-state index contributed by atoms with van der Waals surface area (Å²) in [6.07, 6.45) is 0. The highest BCUT2D eigenvalue weighted by Crippen LogP contribution is 2.30. The minimum absolute atomic E-state index is 0.190. The number of urea groups is 1. The van der Waals surface area contributed by atoms with Crippen molar-refractivity contribution in [1.82, 2.24) is 5.32 Å². The van der Waals surface area contributed by atoms with Crippen LogP contribution >= 0.6 is 15.9 Å². The molecular formula is C13H15BrN2O2. The number of nitrogens with one attached hydrogen (secondary N) is 1. The van der Waals surface area contributed by atoms with E-state index in [-0.39, 0.29) is 17.9 Å². The van der Waals surface area contributed by atoms with Crippen molar-refractivity contribution in [3.05, 3.63) is 27.7 Å². The summed E-state index contributed by atoms with van der Waals surface area (Å²) in [5.74, 6) is -0.395. The van der Waals surface area contributed by atoms with Crippen LogP contribution in [-0.2, 0) is 4.79 Å². The molecule has 1 aromatic carbocycles. The van der Waals surface area contributed by atoms with Crippen molar-refractivity contribution >= 4 is 33.6 Å². The topological polar surface area (TPSA) is 49.4 Å². The zero-order chi connectivity index (χ0) is 13.4. The fourth-order valence-corrected chi connectivity index (χ4v) is 2.94. The van der Waals surface area contributed by atoms with Crippen LogP contribution in [0.2, 0.25) is 0 Å². The van der Waals surface area contributed by atoms with Crippen molar-refractivity contribution in [2.45, 2.75) is 20.8 Å². The third kappa shape index (κ3) is 2.27. The molecule has 1 aliphatic rings. The summed E-state index contributed by atoms with van der Waals surface area (Å²) in [7, 11) is 0. The largest absolute Gasteiger partial charge is 0.328 e. The van der Waals surface area contributed by atoms with Crippen LogP contribution in [0.4, 0.5) is 10.5 Å². The van der Waals surface area contributed by atoms with Gasteiger partial charge in [-0.25, -0.2) is 4.79 Å². The molecule has 0 radical (unpaired) electrons. The van der Waals surface area contributed by atoms with Crippen molar-refractivity contribution in [3.63, 3.8) is 0 Å². The fraction of sp³-hybridized carbons (Fsp3) is 0.385. The highest BCUT2D eigenvalue weighted by atomic mass is 79.9. The molecule has 18 heavy (non-hydrogen) atoms. The lowest BCUT2D eigenvalue weighted by atomic mass is 10.0. The van der Waals surface area contributed by atoms with Crippen molar-refractivity contribution in [2.24, 2.45) is 5.92 Å². The number of hydrogen-bond donors (Lipinski definition) is 1. The normalized spacial score (nSPS) is 20.0. The molecule has 2 rings (SSSR count). The molecule has 0 spiro atoms. The van der Waals surface area contributed by atoms with Crippen LogP contribution in [-0.4, -0.2) is 18.5 Å². The number of rotatable bonds is 1. The lowest BCUT2D eigenvalue weighted by Crippen LogP contribution is -2.54. The van der Waals surface area contributed by atoms with Gasteiger partial charge in [-0.05, 0) is 37.1 Å². The molecule has 1 heterocycles. The van der Waals surface area contributed by atoms with Crippen molar-refractivity contribution in [3.8, 4) is 0 Å². The van der Waals surface area contributed by atoms with Gasteiger partial charge in [0.1, 0.15) is 0 Å². The van der Waals surface area contributed by atoms with Crippen molar-refractivity contribution in [2.75, 3.05) is 11.4 Å². The number of anilines is 1. The second-order valence-electron chi connectivity index (χ2n) is 4.69. The van der Waals surface area contributed by atoms with E-state index >= 15 is 0 Å². The molecule has 1 aliphatic heterocycles. The predicted octanol–water partition coefficient (Wildman–Crippen LogP) is 2.76. The molecule has 1 fully saturated rings. The third-order valence-corrected chi connectivity index (χ3v) is 3.56. The molecule has 1 N–H and O–H groups in total. The van der Waals surface area contributed by atoms with Gasteiger partial charge in [0.05, 0.1) is 11.6 Å². The second-order valence-corrected chi connectivity index (χ2v) is 5.61. The summed E-state index contributed by atoms with van der Waals surface area (Å²) >= 11 is 3.43. The van der Waals surface area contributed by atoms with Gasteiger partial charge in [-0.1, -0.05) is 22.9 Å². The SMILES string of the molecule is Cc1cc(Br)cc(C)c1N1CC(C)C(=O)NC1=O. The zero-order valence-electron chi connectivity index (χ0n) is 10.6. The van der Waals surface area contributed by atoms with Gasteiger partial charge >= 0.3 is 6.03 Å². The van der Waals surface area contributed by atoms with Crippen LogP contribution in [0.25, 0.3) is 0 Å². The highest BCUT2D eigenvalue weighted by Gasteiger charge is 2.31. The minimum Gasteiger partial charge on any atom is -0.293 e. The van der Waals surface area contributed by atoms with Gasteiger partial charge in [0.25, 0.3) is 0 Å². The Morgan fingerprint density at radius 1 is 1.28 bits per heavy atom. The third-order valence-electron chi connectivity index (χ3n) is 3.11. The molecule has 0 aliphatic carbocycles. The average Bonchev–Trinajstić information content (AvgIpc) is 2.24. The fourth-order valence-electron chi connectivity index (χ4n) is 2.26. The van der Waals surface area contributed by atoms with Crippen LogP contribution in [0.15, 0.2) is 16.6 Å². The number of carbonyl (C=O) groups is 2. The van der Waals surface area contributed by atoms with E-state index in [9.17, 15) is 9.59 Å². The molecule has 0 saturated carbocycles. The predicted molar refractivity (Wildman–Crippen MR) is 73.7 cm³/mol. The molecule has 3 amide bonds. The Morgan fingerprint density at radius 2 is 1.83 bits per heavy atom. The Morgan fingerprint density at radius 3 is 2.39 bits per heavy atom. The lowest BCUT2D eigenvalue weighted by molar-refractivity contribution is -0.123. The van der Waals surface area contributed by atoms with E-state index in [1.807, 2.05) is 32.9 Å². The summed E-state index contributed by atoms with van der Waals surface area (Å²) in [6, 6.07) is 3.60. The molecule has 1 saturated heterocycles. The number of carbonyl (C=O) groups excluding carboxylic acids is 2. The van der Waals surface area contributed by atoms with E-state index in [0.29, 0.717) is 6.54 Å². The first-order valence-corrected chi connectivity index (χ1v) is 6.58. The number of halogens is 1. The van der Waals surface area contributed by atoms with Crippen LogP contribution in [0.5, 0.6) is 0 Å². The molecular weight excluding hydrogens is 296 g/mol. The summed E-state index contributed by atoms with van der Waals surface area (Å²) in [5, 5.41) is 2.38.